The predicted molar refractivity (Wildman–Crippen MR) is 170 cm³/mol. The minimum atomic E-state index is -0.961. The summed E-state index contributed by atoms with van der Waals surface area (Å²) in [6, 6.07) is 4.24. The van der Waals surface area contributed by atoms with Gasteiger partial charge in [-0.25, -0.2) is 4.79 Å². The standard InChI is InChI=1S/C30H47BrN6O7/c1-19(2)26(37-24(38)10-6-5-7-15-33-25(39)17-31)28(41)36-23(9-8-16-34-30(32)43)27(40)35-22-13-11-21(12-14-22)18-44-29(42)20(3)4/h11-14,19-20,23,26H,5-10,15-18H2,1-4H3,(H,33,39)(H,35,40)(H,36,41)(H,37,38)(H3,32,34,43)/t23-,26?/m0/s1. The maximum Gasteiger partial charge on any atom is 0.312 e. The Bertz CT molecular complexity index is 1100. The number of hydrogen-bond acceptors (Lipinski definition) is 7. The highest BCUT2D eigenvalue weighted by molar-refractivity contribution is 9.09. The number of urea groups is 1. The fourth-order valence-corrected chi connectivity index (χ4v) is 4.12. The largest absolute Gasteiger partial charge is 0.461 e. The van der Waals surface area contributed by atoms with Crippen LogP contribution in [-0.4, -0.2) is 66.1 Å². The smallest absolute Gasteiger partial charge is 0.312 e. The number of hydrogen-bond donors (Lipinski definition) is 6. The number of benzene rings is 1. The monoisotopic (exact) mass is 682 g/mol. The van der Waals surface area contributed by atoms with Crippen molar-refractivity contribution in [1.29, 1.82) is 0 Å². The van der Waals surface area contributed by atoms with Crippen LogP contribution < -0.4 is 32.3 Å². The Morgan fingerprint density at radius 3 is 2.07 bits per heavy atom. The maximum atomic E-state index is 13.3. The number of halogens is 1. The van der Waals surface area contributed by atoms with Gasteiger partial charge in [-0.1, -0.05) is 62.2 Å². The lowest BCUT2D eigenvalue weighted by Crippen LogP contribution is -2.54. The molecule has 1 unspecified atom stereocenters. The molecule has 6 amide bonds. The van der Waals surface area contributed by atoms with Crippen LogP contribution in [0.25, 0.3) is 0 Å². The zero-order chi connectivity index (χ0) is 33.1. The van der Waals surface area contributed by atoms with E-state index >= 15 is 0 Å². The van der Waals surface area contributed by atoms with E-state index in [0.717, 1.165) is 18.4 Å². The molecule has 246 valence electrons. The van der Waals surface area contributed by atoms with Crippen molar-refractivity contribution in [3.63, 3.8) is 0 Å². The van der Waals surface area contributed by atoms with Crippen molar-refractivity contribution in [2.24, 2.45) is 17.6 Å². The molecule has 44 heavy (non-hydrogen) atoms. The summed E-state index contributed by atoms with van der Waals surface area (Å²) in [5.74, 6) is -2.16. The molecule has 0 fully saturated rings. The van der Waals surface area contributed by atoms with Gasteiger partial charge in [0.1, 0.15) is 18.7 Å². The molecule has 0 bridgehead atoms. The first-order valence-corrected chi connectivity index (χ1v) is 16.0. The Labute approximate surface area is 267 Å². The first kappa shape index (κ1) is 38.3. The van der Waals surface area contributed by atoms with Crippen LogP contribution in [0.4, 0.5) is 10.5 Å². The van der Waals surface area contributed by atoms with Crippen molar-refractivity contribution in [2.45, 2.75) is 84.9 Å². The third-order valence-electron chi connectivity index (χ3n) is 6.47. The normalized spacial score (nSPS) is 12.2. The minimum Gasteiger partial charge on any atom is -0.461 e. The fraction of sp³-hybridized carbons (Fsp3) is 0.600. The van der Waals surface area contributed by atoms with E-state index in [0.29, 0.717) is 25.1 Å². The van der Waals surface area contributed by atoms with Gasteiger partial charge in [-0.05, 0) is 49.3 Å². The highest BCUT2D eigenvalue weighted by Crippen LogP contribution is 2.13. The number of unbranched alkanes of at least 4 members (excludes halogenated alkanes) is 2. The van der Waals surface area contributed by atoms with Gasteiger partial charge >= 0.3 is 12.0 Å². The number of carbonyl (C=O) groups excluding carboxylic acids is 6. The summed E-state index contributed by atoms with van der Waals surface area (Å²) in [5.41, 5.74) is 6.35. The summed E-state index contributed by atoms with van der Waals surface area (Å²) in [5, 5.41) is 13.8. The molecule has 1 aromatic carbocycles. The van der Waals surface area contributed by atoms with Gasteiger partial charge < -0.3 is 37.1 Å². The highest BCUT2D eigenvalue weighted by Gasteiger charge is 2.28. The lowest BCUT2D eigenvalue weighted by Gasteiger charge is -2.25. The number of amides is 6. The lowest BCUT2D eigenvalue weighted by molar-refractivity contribution is -0.148. The maximum absolute atomic E-state index is 13.3. The molecule has 0 aromatic heterocycles. The first-order valence-electron chi connectivity index (χ1n) is 14.9. The summed E-state index contributed by atoms with van der Waals surface area (Å²) < 4.78 is 5.22. The van der Waals surface area contributed by atoms with Gasteiger partial charge in [0.05, 0.1) is 11.2 Å². The predicted octanol–water partition coefficient (Wildman–Crippen LogP) is 2.47. The molecule has 0 aliphatic rings. The van der Waals surface area contributed by atoms with E-state index in [9.17, 15) is 28.8 Å². The van der Waals surface area contributed by atoms with Crippen molar-refractivity contribution in [2.75, 3.05) is 23.7 Å². The second-order valence-corrected chi connectivity index (χ2v) is 11.6. The van der Waals surface area contributed by atoms with Crippen LogP contribution in [0, 0.1) is 11.8 Å². The SMILES string of the molecule is CC(C)C(=O)OCc1ccc(NC(=O)[C@H](CCCNC(N)=O)NC(=O)C(NC(=O)CCCCCNC(=O)CBr)C(C)C)cc1. The van der Waals surface area contributed by atoms with Crippen molar-refractivity contribution < 1.29 is 33.5 Å². The molecule has 0 aliphatic carbocycles. The number of anilines is 1. The molecule has 1 aromatic rings. The van der Waals surface area contributed by atoms with Crippen molar-refractivity contribution in [3.05, 3.63) is 29.8 Å². The van der Waals surface area contributed by atoms with Gasteiger partial charge in [-0.3, -0.25) is 24.0 Å². The molecule has 13 nitrogen and oxygen atoms in total. The number of nitrogens with one attached hydrogen (secondary N) is 5. The van der Waals surface area contributed by atoms with Crippen molar-refractivity contribution in [1.82, 2.24) is 21.3 Å². The molecule has 0 radical (unpaired) electrons. The van der Waals surface area contributed by atoms with Crippen LogP contribution in [0.5, 0.6) is 0 Å². The minimum absolute atomic E-state index is 0.0936. The average molecular weight is 684 g/mol. The van der Waals surface area contributed by atoms with E-state index < -0.39 is 29.9 Å². The molecule has 7 N–H and O–H groups in total. The zero-order valence-electron chi connectivity index (χ0n) is 26.0. The summed E-state index contributed by atoms with van der Waals surface area (Å²) in [4.78, 5) is 73.1. The van der Waals surface area contributed by atoms with E-state index in [2.05, 4.69) is 42.5 Å². The van der Waals surface area contributed by atoms with E-state index in [1.807, 2.05) is 0 Å². The Hall–Kier alpha value is -3.68. The van der Waals surface area contributed by atoms with Crippen LogP contribution in [0.3, 0.4) is 0 Å². The van der Waals surface area contributed by atoms with Gasteiger partial charge in [0.2, 0.25) is 23.6 Å². The Kier molecular flexibility index (Phi) is 18.4. The number of ether oxygens (including phenoxy) is 1. The number of primary amides is 1. The lowest BCUT2D eigenvalue weighted by atomic mass is 10.0. The molecule has 0 aliphatic heterocycles. The van der Waals surface area contributed by atoms with Gasteiger partial charge in [0.15, 0.2) is 0 Å². The van der Waals surface area contributed by atoms with E-state index in [1.54, 1.807) is 52.0 Å². The van der Waals surface area contributed by atoms with Crippen LogP contribution in [0.15, 0.2) is 24.3 Å². The number of nitrogens with two attached hydrogens (primary N) is 1. The van der Waals surface area contributed by atoms with Gasteiger partial charge in [0.25, 0.3) is 0 Å². The van der Waals surface area contributed by atoms with Crippen LogP contribution in [-0.2, 0) is 35.3 Å². The van der Waals surface area contributed by atoms with Gasteiger partial charge in [-0.2, -0.15) is 0 Å². The molecule has 0 saturated heterocycles. The second-order valence-electron chi connectivity index (χ2n) is 11.0. The molecule has 0 heterocycles. The molecule has 2 atom stereocenters. The summed E-state index contributed by atoms with van der Waals surface area (Å²) in [6.45, 7) is 7.93. The van der Waals surface area contributed by atoms with E-state index in [-0.39, 0.29) is 60.9 Å². The molecule has 14 heteroatoms. The van der Waals surface area contributed by atoms with Gasteiger partial charge in [-0.15, -0.1) is 0 Å². The topological polar surface area (TPSA) is 198 Å². The zero-order valence-corrected chi connectivity index (χ0v) is 27.6. The Balaban J connectivity index is 2.79. The molecular weight excluding hydrogens is 636 g/mol. The average Bonchev–Trinajstić information content (AvgIpc) is 2.97. The van der Waals surface area contributed by atoms with Gasteiger partial charge in [0, 0.05) is 25.2 Å². The van der Waals surface area contributed by atoms with Crippen LogP contribution in [0.2, 0.25) is 0 Å². The highest BCUT2D eigenvalue weighted by atomic mass is 79.9. The summed E-state index contributed by atoms with van der Waals surface area (Å²) in [6.07, 6.45) is 2.84. The second kappa shape index (κ2) is 21.1. The fourth-order valence-electron chi connectivity index (χ4n) is 3.93. The molecule has 0 spiro atoms. The van der Waals surface area contributed by atoms with Crippen molar-refractivity contribution >= 4 is 57.2 Å². The Morgan fingerprint density at radius 1 is 0.818 bits per heavy atom. The van der Waals surface area contributed by atoms with Crippen molar-refractivity contribution in [3.8, 4) is 0 Å². The molecule has 1 rings (SSSR count). The molecular formula is C30H47BrN6O7. The van der Waals surface area contributed by atoms with Crippen LogP contribution in [0.1, 0.15) is 71.8 Å². The number of alkyl halides is 1. The quantitative estimate of drug-likeness (QED) is 0.0689. The third kappa shape index (κ3) is 16.2. The summed E-state index contributed by atoms with van der Waals surface area (Å²) >= 11 is 3.08. The molecule has 0 saturated carbocycles. The number of carbonyl (C=O) groups is 6. The first-order chi connectivity index (χ1) is 20.8. The Morgan fingerprint density at radius 2 is 1.48 bits per heavy atom. The number of rotatable bonds is 20. The van der Waals surface area contributed by atoms with Crippen LogP contribution >= 0.6 is 15.9 Å². The third-order valence-corrected chi connectivity index (χ3v) is 6.97. The van der Waals surface area contributed by atoms with E-state index in [4.69, 9.17) is 10.5 Å². The number of esters is 1. The van der Waals surface area contributed by atoms with E-state index in [1.165, 1.54) is 0 Å². The summed E-state index contributed by atoms with van der Waals surface area (Å²) in [7, 11) is 0.